The van der Waals surface area contributed by atoms with Crippen molar-refractivity contribution in [1.82, 2.24) is 10.3 Å². The Morgan fingerprint density at radius 1 is 1.62 bits per heavy atom. The molecule has 86 valence electrons. The summed E-state index contributed by atoms with van der Waals surface area (Å²) in [4.78, 5) is 15.7. The number of nitrogens with two attached hydrogens (primary N) is 1. The molecule has 4 nitrogen and oxygen atoms in total. The lowest BCUT2D eigenvalue weighted by molar-refractivity contribution is 0.0950. The molecule has 1 atom stereocenters. The first-order valence-electron chi connectivity index (χ1n) is 5.62. The van der Waals surface area contributed by atoms with Crippen molar-refractivity contribution >= 4 is 5.91 Å². The van der Waals surface area contributed by atoms with Crippen LogP contribution < -0.4 is 11.1 Å². The van der Waals surface area contributed by atoms with Gasteiger partial charge in [-0.25, -0.2) is 0 Å². The van der Waals surface area contributed by atoms with Crippen molar-refractivity contribution in [2.24, 2.45) is 11.7 Å². The third kappa shape index (κ3) is 2.79. The maximum Gasteiger partial charge on any atom is 0.252 e. The number of hydrogen-bond acceptors (Lipinski definition) is 3. The third-order valence-electron chi connectivity index (χ3n) is 2.86. The van der Waals surface area contributed by atoms with Crippen LogP contribution >= 0.6 is 0 Å². The lowest BCUT2D eigenvalue weighted by atomic mass is 10.2. The highest BCUT2D eigenvalue weighted by Gasteiger charge is 2.28. The number of nitrogens with one attached hydrogen (secondary N) is 1. The molecule has 0 bridgehead atoms. The smallest absolute Gasteiger partial charge is 0.252 e. The average molecular weight is 219 g/mol. The van der Waals surface area contributed by atoms with Gasteiger partial charge in [0.05, 0.1) is 5.56 Å². The summed E-state index contributed by atoms with van der Waals surface area (Å²) >= 11 is 0. The molecule has 1 aromatic rings. The van der Waals surface area contributed by atoms with Gasteiger partial charge in [0.15, 0.2) is 0 Å². The Balaban J connectivity index is 1.87. The first kappa shape index (κ1) is 11.1. The van der Waals surface area contributed by atoms with Gasteiger partial charge in [-0.1, -0.05) is 0 Å². The first-order valence-corrected chi connectivity index (χ1v) is 5.62. The van der Waals surface area contributed by atoms with Gasteiger partial charge >= 0.3 is 0 Å². The number of rotatable bonds is 4. The second kappa shape index (κ2) is 4.61. The Morgan fingerprint density at radius 2 is 2.38 bits per heavy atom. The van der Waals surface area contributed by atoms with Gasteiger partial charge < -0.3 is 11.1 Å². The molecule has 2 rings (SSSR count). The highest BCUT2D eigenvalue weighted by atomic mass is 16.1. The summed E-state index contributed by atoms with van der Waals surface area (Å²) in [6.45, 7) is 2.47. The summed E-state index contributed by atoms with van der Waals surface area (Å²) in [5, 5.41) is 2.84. The van der Waals surface area contributed by atoms with Crippen LogP contribution in [-0.2, 0) is 0 Å². The van der Waals surface area contributed by atoms with Crippen molar-refractivity contribution < 1.29 is 4.79 Å². The molecule has 1 aliphatic rings. The molecule has 16 heavy (non-hydrogen) atoms. The molecule has 0 aromatic carbocycles. The lowest BCUT2D eigenvalue weighted by Gasteiger charge is -2.11. The minimum Gasteiger partial charge on any atom is -0.350 e. The van der Waals surface area contributed by atoms with Crippen LogP contribution in [0.4, 0.5) is 0 Å². The van der Waals surface area contributed by atoms with Crippen LogP contribution in [0.3, 0.4) is 0 Å². The molecular weight excluding hydrogens is 202 g/mol. The lowest BCUT2D eigenvalue weighted by Crippen LogP contribution is -2.38. The van der Waals surface area contributed by atoms with Crippen LogP contribution in [-0.4, -0.2) is 23.5 Å². The van der Waals surface area contributed by atoms with Crippen molar-refractivity contribution in [2.75, 3.05) is 6.54 Å². The van der Waals surface area contributed by atoms with E-state index in [-0.39, 0.29) is 11.9 Å². The quantitative estimate of drug-likeness (QED) is 0.789. The van der Waals surface area contributed by atoms with Gasteiger partial charge in [0.25, 0.3) is 5.91 Å². The Kier molecular flexibility index (Phi) is 3.19. The van der Waals surface area contributed by atoms with E-state index in [1.807, 2.05) is 13.0 Å². The van der Waals surface area contributed by atoms with Gasteiger partial charge in [-0.2, -0.15) is 0 Å². The van der Waals surface area contributed by atoms with Crippen molar-refractivity contribution in [3.05, 3.63) is 29.6 Å². The zero-order valence-corrected chi connectivity index (χ0v) is 9.44. The number of aromatic nitrogens is 1. The molecule has 1 aromatic heterocycles. The molecular formula is C12H17N3O. The van der Waals surface area contributed by atoms with E-state index in [2.05, 4.69) is 10.3 Å². The summed E-state index contributed by atoms with van der Waals surface area (Å²) in [6, 6.07) is 1.92. The van der Waals surface area contributed by atoms with Gasteiger partial charge in [0.1, 0.15) is 0 Å². The SMILES string of the molecule is Cc1cncc(C(=O)NCC(N)C2CC2)c1. The zero-order valence-electron chi connectivity index (χ0n) is 9.44. The predicted molar refractivity (Wildman–Crippen MR) is 62.0 cm³/mol. The van der Waals surface area contributed by atoms with Crippen LogP contribution in [0.1, 0.15) is 28.8 Å². The topological polar surface area (TPSA) is 68.0 Å². The third-order valence-corrected chi connectivity index (χ3v) is 2.86. The van der Waals surface area contributed by atoms with Crippen LogP contribution in [0, 0.1) is 12.8 Å². The van der Waals surface area contributed by atoms with E-state index >= 15 is 0 Å². The summed E-state index contributed by atoms with van der Waals surface area (Å²) in [5.74, 6) is 0.517. The van der Waals surface area contributed by atoms with E-state index in [0.29, 0.717) is 18.0 Å². The fraction of sp³-hybridized carbons (Fsp3) is 0.500. The molecule has 1 aliphatic carbocycles. The molecule has 0 saturated heterocycles. The van der Waals surface area contributed by atoms with Crippen LogP contribution in [0.15, 0.2) is 18.5 Å². The predicted octanol–water partition coefficient (Wildman–Crippen LogP) is 0.857. The van der Waals surface area contributed by atoms with E-state index in [9.17, 15) is 4.79 Å². The minimum absolute atomic E-state index is 0.0905. The number of hydrogen-bond donors (Lipinski definition) is 2. The number of carbonyl (C=O) groups excluding carboxylic acids is 1. The highest BCUT2D eigenvalue weighted by Crippen LogP contribution is 2.31. The maximum absolute atomic E-state index is 11.7. The van der Waals surface area contributed by atoms with E-state index in [4.69, 9.17) is 5.73 Å². The average Bonchev–Trinajstić information content (AvgIpc) is 3.09. The molecule has 4 heteroatoms. The van der Waals surface area contributed by atoms with E-state index in [1.54, 1.807) is 12.4 Å². The first-order chi connectivity index (χ1) is 7.66. The molecule has 1 saturated carbocycles. The second-order valence-corrected chi connectivity index (χ2v) is 4.46. The van der Waals surface area contributed by atoms with Crippen molar-refractivity contribution in [3.8, 4) is 0 Å². The normalized spacial score (nSPS) is 16.9. The Labute approximate surface area is 95.3 Å². The molecule has 1 fully saturated rings. The summed E-state index contributed by atoms with van der Waals surface area (Å²) in [7, 11) is 0. The molecule has 1 amide bonds. The number of amides is 1. The Morgan fingerprint density at radius 3 is 3.00 bits per heavy atom. The van der Waals surface area contributed by atoms with Crippen molar-refractivity contribution in [2.45, 2.75) is 25.8 Å². The molecule has 1 heterocycles. The van der Waals surface area contributed by atoms with E-state index < -0.39 is 0 Å². The standard InChI is InChI=1S/C12H17N3O/c1-8-4-10(6-14-5-8)12(16)15-7-11(13)9-2-3-9/h4-6,9,11H,2-3,7,13H2,1H3,(H,15,16). The molecule has 0 spiro atoms. The van der Waals surface area contributed by atoms with Gasteiger partial charge in [-0.05, 0) is 37.3 Å². The monoisotopic (exact) mass is 219 g/mol. The van der Waals surface area contributed by atoms with E-state index in [1.165, 1.54) is 12.8 Å². The minimum atomic E-state index is -0.0905. The van der Waals surface area contributed by atoms with E-state index in [0.717, 1.165) is 5.56 Å². The molecule has 1 unspecified atom stereocenters. The fourth-order valence-electron chi connectivity index (χ4n) is 1.68. The Bertz CT molecular complexity index is 388. The van der Waals surface area contributed by atoms with Gasteiger partial charge in [-0.15, -0.1) is 0 Å². The van der Waals surface area contributed by atoms with Crippen LogP contribution in [0.25, 0.3) is 0 Å². The number of pyridine rings is 1. The fourth-order valence-corrected chi connectivity index (χ4v) is 1.68. The maximum atomic E-state index is 11.7. The Hall–Kier alpha value is -1.42. The van der Waals surface area contributed by atoms with Crippen LogP contribution in [0.2, 0.25) is 0 Å². The summed E-state index contributed by atoms with van der Waals surface area (Å²) in [5.41, 5.74) is 7.49. The second-order valence-electron chi connectivity index (χ2n) is 4.46. The van der Waals surface area contributed by atoms with Gasteiger partial charge in [0.2, 0.25) is 0 Å². The van der Waals surface area contributed by atoms with Gasteiger partial charge in [0, 0.05) is 25.0 Å². The van der Waals surface area contributed by atoms with Crippen molar-refractivity contribution in [1.29, 1.82) is 0 Å². The zero-order chi connectivity index (χ0) is 11.5. The highest BCUT2D eigenvalue weighted by molar-refractivity contribution is 5.94. The molecule has 3 N–H and O–H groups in total. The van der Waals surface area contributed by atoms with Crippen LogP contribution in [0.5, 0.6) is 0 Å². The number of nitrogens with zero attached hydrogens (tertiary/aromatic N) is 1. The summed E-state index contributed by atoms with van der Waals surface area (Å²) in [6.07, 6.45) is 5.70. The largest absolute Gasteiger partial charge is 0.350 e. The number of carbonyl (C=O) groups is 1. The van der Waals surface area contributed by atoms with Crippen molar-refractivity contribution in [3.63, 3.8) is 0 Å². The number of aryl methyl sites for hydroxylation is 1. The summed E-state index contributed by atoms with van der Waals surface area (Å²) < 4.78 is 0. The molecule has 0 radical (unpaired) electrons. The molecule has 0 aliphatic heterocycles. The van der Waals surface area contributed by atoms with Gasteiger partial charge in [-0.3, -0.25) is 9.78 Å².